The Kier molecular flexibility index (Phi) is 5.14. The van der Waals surface area contributed by atoms with Crippen molar-refractivity contribution in [1.82, 2.24) is 18.7 Å². The van der Waals surface area contributed by atoms with Crippen LogP contribution in [0.2, 0.25) is 0 Å². The summed E-state index contributed by atoms with van der Waals surface area (Å²) in [5.74, 6) is 0.778. The number of quaternary nitrogens is 1. The van der Waals surface area contributed by atoms with Crippen LogP contribution in [-0.4, -0.2) is 25.7 Å². The van der Waals surface area contributed by atoms with Crippen LogP contribution in [-0.2, 0) is 33.7 Å². The summed E-state index contributed by atoms with van der Waals surface area (Å²) in [6.07, 6.45) is 0. The third kappa shape index (κ3) is 3.64. The zero-order valence-electron chi connectivity index (χ0n) is 16.3. The fourth-order valence-electron chi connectivity index (χ4n) is 3.34. The molecule has 0 aliphatic heterocycles. The van der Waals surface area contributed by atoms with Crippen molar-refractivity contribution in [1.29, 1.82) is 0 Å². The fraction of sp³-hybridized carbons (Fsp3) is 0.350. The highest BCUT2D eigenvalue weighted by molar-refractivity contribution is 5.71. The van der Waals surface area contributed by atoms with E-state index in [9.17, 15) is 9.59 Å². The van der Waals surface area contributed by atoms with Gasteiger partial charge in [-0.15, -0.1) is 0 Å². The number of hydrogen-bond donors (Lipinski definition) is 1. The molecule has 0 fully saturated rings. The number of nitrogens with one attached hydrogen (secondary N) is 1. The summed E-state index contributed by atoms with van der Waals surface area (Å²) in [5.41, 5.74) is 2.34. The van der Waals surface area contributed by atoms with E-state index >= 15 is 0 Å². The molecule has 7 heteroatoms. The number of rotatable bonds is 6. The van der Waals surface area contributed by atoms with E-state index in [-0.39, 0.29) is 11.2 Å². The van der Waals surface area contributed by atoms with Crippen molar-refractivity contribution in [3.8, 4) is 0 Å². The molecule has 0 saturated carbocycles. The number of benzene rings is 1. The van der Waals surface area contributed by atoms with Crippen molar-refractivity contribution < 1.29 is 4.90 Å². The van der Waals surface area contributed by atoms with E-state index < -0.39 is 0 Å². The van der Waals surface area contributed by atoms with Crippen LogP contribution in [0.4, 0.5) is 0 Å². The molecule has 0 aliphatic carbocycles. The quantitative estimate of drug-likeness (QED) is 0.633. The van der Waals surface area contributed by atoms with Gasteiger partial charge in [-0.3, -0.25) is 13.9 Å². The first-order chi connectivity index (χ1) is 12.8. The van der Waals surface area contributed by atoms with Crippen molar-refractivity contribution in [3.63, 3.8) is 0 Å². The maximum absolute atomic E-state index is 12.7. The molecule has 0 radical (unpaired) electrons. The molecule has 0 spiro atoms. The molecule has 1 N–H and O–H groups in total. The molecule has 2 aromatic heterocycles. The van der Waals surface area contributed by atoms with E-state index in [1.165, 1.54) is 22.1 Å². The highest BCUT2D eigenvalue weighted by Gasteiger charge is 2.21. The number of fused-ring (bicyclic) bond motifs is 1. The van der Waals surface area contributed by atoms with Gasteiger partial charge in [0.1, 0.15) is 13.1 Å². The van der Waals surface area contributed by atoms with Crippen LogP contribution in [0.15, 0.2) is 52.1 Å². The second-order valence-electron chi connectivity index (χ2n) is 7.25. The predicted octanol–water partition coefficient (Wildman–Crippen LogP) is 0.225. The van der Waals surface area contributed by atoms with Gasteiger partial charge in [0.15, 0.2) is 17.0 Å². The topological polar surface area (TPSA) is 66.3 Å². The van der Waals surface area contributed by atoms with Crippen LogP contribution >= 0.6 is 0 Å². The largest absolute Gasteiger partial charge is 0.332 e. The molecule has 3 aromatic rings. The van der Waals surface area contributed by atoms with Crippen LogP contribution in [0.1, 0.15) is 18.3 Å². The van der Waals surface area contributed by atoms with Gasteiger partial charge in [-0.2, -0.15) is 0 Å². The zero-order valence-corrected chi connectivity index (χ0v) is 16.3. The van der Waals surface area contributed by atoms with Gasteiger partial charge in [-0.05, 0) is 6.92 Å². The molecule has 7 nitrogen and oxygen atoms in total. The SMILES string of the molecule is C=C(C)Cn1c(C[NH+](C)Cc2ccccc2)nc2c1c(=O)n(C)c(=O)n2C. The lowest BCUT2D eigenvalue weighted by molar-refractivity contribution is -0.908. The summed E-state index contributed by atoms with van der Waals surface area (Å²) >= 11 is 0. The third-order valence-electron chi connectivity index (χ3n) is 4.66. The summed E-state index contributed by atoms with van der Waals surface area (Å²) in [4.78, 5) is 30.9. The second kappa shape index (κ2) is 7.36. The summed E-state index contributed by atoms with van der Waals surface area (Å²) < 4.78 is 4.46. The molecule has 0 amide bonds. The average molecular weight is 368 g/mol. The first-order valence-electron chi connectivity index (χ1n) is 8.94. The summed E-state index contributed by atoms with van der Waals surface area (Å²) in [6.45, 7) is 7.88. The molecular weight excluding hydrogens is 342 g/mol. The molecule has 0 saturated heterocycles. The summed E-state index contributed by atoms with van der Waals surface area (Å²) in [5, 5.41) is 0. The number of aromatic nitrogens is 4. The summed E-state index contributed by atoms with van der Waals surface area (Å²) in [7, 11) is 5.23. The number of nitrogens with zero attached hydrogens (tertiary/aromatic N) is 4. The van der Waals surface area contributed by atoms with E-state index in [4.69, 9.17) is 0 Å². The summed E-state index contributed by atoms with van der Waals surface area (Å²) in [6, 6.07) is 10.2. The number of allylic oxidation sites excluding steroid dienone is 1. The predicted molar refractivity (Wildman–Crippen MR) is 106 cm³/mol. The normalized spacial score (nSPS) is 12.4. The lowest BCUT2D eigenvalue weighted by Gasteiger charge is -2.15. The maximum atomic E-state index is 12.7. The van der Waals surface area contributed by atoms with Crippen LogP contribution in [0, 0.1) is 0 Å². The molecule has 0 aliphatic rings. The molecule has 1 aromatic carbocycles. The number of hydrogen-bond acceptors (Lipinski definition) is 3. The van der Waals surface area contributed by atoms with Gasteiger partial charge in [0.2, 0.25) is 0 Å². The van der Waals surface area contributed by atoms with Gasteiger partial charge < -0.3 is 9.47 Å². The highest BCUT2D eigenvalue weighted by Crippen LogP contribution is 2.12. The van der Waals surface area contributed by atoms with E-state index in [2.05, 4.69) is 30.7 Å². The Morgan fingerprint density at radius 2 is 1.78 bits per heavy atom. The molecule has 0 bridgehead atoms. The van der Waals surface area contributed by atoms with Crippen molar-refractivity contribution in [2.45, 2.75) is 26.6 Å². The Morgan fingerprint density at radius 1 is 1.11 bits per heavy atom. The van der Waals surface area contributed by atoms with Crippen LogP contribution in [0.25, 0.3) is 11.2 Å². The van der Waals surface area contributed by atoms with Crippen molar-refractivity contribution in [2.75, 3.05) is 7.05 Å². The zero-order chi connectivity index (χ0) is 19.7. The number of imidazole rings is 1. The van der Waals surface area contributed by atoms with Crippen LogP contribution < -0.4 is 16.1 Å². The molecule has 3 rings (SSSR count). The Labute approximate surface area is 157 Å². The maximum Gasteiger partial charge on any atom is 0.332 e. The molecule has 2 heterocycles. The third-order valence-corrected chi connectivity index (χ3v) is 4.66. The van der Waals surface area contributed by atoms with Gasteiger partial charge in [-0.1, -0.05) is 42.5 Å². The van der Waals surface area contributed by atoms with Gasteiger partial charge >= 0.3 is 5.69 Å². The lowest BCUT2D eigenvalue weighted by Crippen LogP contribution is -3.06. The van der Waals surface area contributed by atoms with E-state index in [1.807, 2.05) is 29.7 Å². The number of aryl methyl sites for hydroxylation is 1. The average Bonchev–Trinajstić information content (AvgIpc) is 2.96. The van der Waals surface area contributed by atoms with Gasteiger partial charge in [0, 0.05) is 26.2 Å². The first kappa shape index (κ1) is 18.8. The molecule has 27 heavy (non-hydrogen) atoms. The molecule has 1 unspecified atom stereocenters. The van der Waals surface area contributed by atoms with Gasteiger partial charge in [-0.25, -0.2) is 9.78 Å². The van der Waals surface area contributed by atoms with E-state index in [0.717, 1.165) is 22.5 Å². The minimum Gasteiger partial charge on any atom is -0.327 e. The van der Waals surface area contributed by atoms with Gasteiger partial charge in [0.25, 0.3) is 5.56 Å². The van der Waals surface area contributed by atoms with Gasteiger partial charge in [0.05, 0.1) is 7.05 Å². The Hall–Kier alpha value is -2.93. The minimum atomic E-state index is -0.371. The van der Waals surface area contributed by atoms with E-state index in [0.29, 0.717) is 24.3 Å². The smallest absolute Gasteiger partial charge is 0.327 e. The van der Waals surface area contributed by atoms with Crippen molar-refractivity contribution in [2.24, 2.45) is 14.1 Å². The van der Waals surface area contributed by atoms with Crippen molar-refractivity contribution >= 4 is 11.2 Å². The first-order valence-corrected chi connectivity index (χ1v) is 8.94. The molecular formula is C20H26N5O2+. The van der Waals surface area contributed by atoms with Crippen LogP contribution in [0.3, 0.4) is 0 Å². The molecule has 1 atom stereocenters. The minimum absolute atomic E-state index is 0.325. The second-order valence-corrected chi connectivity index (χ2v) is 7.25. The van der Waals surface area contributed by atoms with Crippen LogP contribution in [0.5, 0.6) is 0 Å². The fourth-order valence-corrected chi connectivity index (χ4v) is 3.34. The Bertz CT molecular complexity index is 1110. The highest BCUT2D eigenvalue weighted by atomic mass is 16.2. The van der Waals surface area contributed by atoms with Crippen molar-refractivity contribution in [3.05, 3.63) is 74.7 Å². The lowest BCUT2D eigenvalue weighted by atomic mass is 10.2. The Morgan fingerprint density at radius 3 is 2.41 bits per heavy atom. The van der Waals surface area contributed by atoms with E-state index in [1.54, 1.807) is 7.05 Å². The molecule has 142 valence electrons. The standard InChI is InChI=1S/C20H25N5O2/c1-14(2)11-25-16(13-22(3)12-15-9-7-6-8-10-15)21-18-17(25)19(26)24(5)20(27)23(18)4/h6-10H,1,11-13H2,2-5H3/p+1. The monoisotopic (exact) mass is 368 g/mol. The Balaban J connectivity index is 2.07.